The Kier molecular flexibility index (Phi) is 2.74. The summed E-state index contributed by atoms with van der Waals surface area (Å²) in [5.74, 6) is -0.895. The lowest BCUT2D eigenvalue weighted by Gasteiger charge is -2.05. The highest BCUT2D eigenvalue weighted by Crippen LogP contribution is 2.36. The van der Waals surface area contributed by atoms with Gasteiger partial charge in [-0.05, 0) is 42.8 Å². The Labute approximate surface area is 107 Å². The molecule has 3 rings (SSSR count). The van der Waals surface area contributed by atoms with Crippen molar-refractivity contribution in [2.24, 2.45) is 0 Å². The number of benzene rings is 1. The van der Waals surface area contributed by atoms with Gasteiger partial charge in [-0.2, -0.15) is 5.10 Å². The van der Waals surface area contributed by atoms with Crippen LogP contribution in [0.2, 0.25) is 0 Å². The Bertz CT molecular complexity index is 643. The predicted molar refractivity (Wildman–Crippen MR) is 64.8 cm³/mol. The van der Waals surface area contributed by atoms with E-state index in [9.17, 15) is 8.78 Å². The molecule has 0 saturated heterocycles. The maximum atomic E-state index is 13.1. The number of hydrogen-bond acceptors (Lipinski definition) is 2. The Morgan fingerprint density at radius 2 is 2.11 bits per heavy atom. The van der Waals surface area contributed by atoms with Gasteiger partial charge in [-0.1, -0.05) is 6.07 Å². The molecule has 1 aromatic heterocycles. The summed E-state index contributed by atoms with van der Waals surface area (Å²) in [4.78, 5) is 0. The molecule has 1 aliphatic rings. The van der Waals surface area contributed by atoms with Gasteiger partial charge >= 0.3 is 0 Å². The summed E-state index contributed by atoms with van der Waals surface area (Å²) in [5.41, 5.74) is 0.685. The molecular formula is C12H11F2N3S. The first kappa shape index (κ1) is 11.5. The minimum Gasteiger partial charge on any atom is -0.301 e. The molecule has 0 radical (unpaired) electrons. The molecule has 0 amide bonds. The average molecular weight is 267 g/mol. The minimum absolute atomic E-state index is 0.413. The van der Waals surface area contributed by atoms with Gasteiger partial charge in [0.25, 0.3) is 0 Å². The molecule has 0 atom stereocenters. The third kappa shape index (κ3) is 2.08. The number of nitrogens with zero attached hydrogens (tertiary/aromatic N) is 2. The van der Waals surface area contributed by atoms with E-state index in [1.807, 2.05) is 4.57 Å². The van der Waals surface area contributed by atoms with Crippen LogP contribution in [0, 0.1) is 16.4 Å². The number of aromatic amines is 1. The smallest absolute Gasteiger partial charge is 0.195 e. The van der Waals surface area contributed by atoms with Crippen LogP contribution in [0.4, 0.5) is 8.78 Å². The summed E-state index contributed by atoms with van der Waals surface area (Å²) in [6.45, 7) is 0. The van der Waals surface area contributed by atoms with Crippen molar-refractivity contribution < 1.29 is 8.78 Å². The topological polar surface area (TPSA) is 33.6 Å². The molecule has 1 fully saturated rings. The van der Waals surface area contributed by atoms with Crippen LogP contribution in [0.3, 0.4) is 0 Å². The lowest BCUT2D eigenvalue weighted by atomic mass is 10.1. The van der Waals surface area contributed by atoms with E-state index >= 15 is 0 Å². The van der Waals surface area contributed by atoms with Crippen molar-refractivity contribution >= 4 is 12.2 Å². The number of nitrogens with one attached hydrogen (secondary N) is 1. The van der Waals surface area contributed by atoms with Crippen LogP contribution in [0.5, 0.6) is 0 Å². The molecule has 1 N–H and O–H groups in total. The summed E-state index contributed by atoms with van der Waals surface area (Å²) in [5, 5.41) is 6.91. The van der Waals surface area contributed by atoms with E-state index in [1.54, 1.807) is 6.07 Å². The summed E-state index contributed by atoms with van der Waals surface area (Å²) in [6, 6.07) is 4.31. The van der Waals surface area contributed by atoms with E-state index in [4.69, 9.17) is 12.2 Å². The van der Waals surface area contributed by atoms with Crippen molar-refractivity contribution in [1.82, 2.24) is 14.8 Å². The van der Waals surface area contributed by atoms with Gasteiger partial charge in [0, 0.05) is 12.5 Å². The molecule has 1 aliphatic carbocycles. The number of aromatic nitrogens is 3. The quantitative estimate of drug-likeness (QED) is 0.867. The SMILES string of the molecule is Fc1ccc(Cc2n[nH]c(=S)n2C2CC2)cc1F. The number of rotatable bonds is 3. The molecular weight excluding hydrogens is 256 g/mol. The molecule has 0 unspecified atom stereocenters. The Hall–Kier alpha value is -1.56. The zero-order valence-corrected chi connectivity index (χ0v) is 10.3. The fraction of sp³-hybridized carbons (Fsp3) is 0.333. The van der Waals surface area contributed by atoms with Gasteiger partial charge in [0.2, 0.25) is 0 Å². The molecule has 94 valence electrons. The van der Waals surface area contributed by atoms with Crippen LogP contribution < -0.4 is 0 Å². The van der Waals surface area contributed by atoms with Crippen LogP contribution in [-0.2, 0) is 6.42 Å². The van der Waals surface area contributed by atoms with Crippen LogP contribution >= 0.6 is 12.2 Å². The number of hydrogen-bond donors (Lipinski definition) is 1. The molecule has 2 aromatic rings. The molecule has 0 bridgehead atoms. The van der Waals surface area contributed by atoms with Crippen LogP contribution in [0.15, 0.2) is 18.2 Å². The monoisotopic (exact) mass is 267 g/mol. The van der Waals surface area contributed by atoms with Crippen molar-refractivity contribution in [2.45, 2.75) is 25.3 Å². The van der Waals surface area contributed by atoms with Crippen molar-refractivity contribution in [3.05, 3.63) is 46.0 Å². The zero-order chi connectivity index (χ0) is 12.7. The number of H-pyrrole nitrogens is 1. The molecule has 18 heavy (non-hydrogen) atoms. The molecule has 1 saturated carbocycles. The zero-order valence-electron chi connectivity index (χ0n) is 9.49. The summed E-state index contributed by atoms with van der Waals surface area (Å²) in [7, 11) is 0. The summed E-state index contributed by atoms with van der Waals surface area (Å²) < 4.78 is 28.5. The lowest BCUT2D eigenvalue weighted by molar-refractivity contribution is 0.507. The van der Waals surface area contributed by atoms with E-state index < -0.39 is 11.6 Å². The van der Waals surface area contributed by atoms with Gasteiger partial charge in [-0.15, -0.1) is 0 Å². The third-order valence-electron chi connectivity index (χ3n) is 3.04. The molecule has 0 aliphatic heterocycles. The highest BCUT2D eigenvalue weighted by Gasteiger charge is 2.27. The van der Waals surface area contributed by atoms with Gasteiger partial charge in [-0.25, -0.2) is 8.78 Å². The largest absolute Gasteiger partial charge is 0.301 e. The molecule has 1 aromatic carbocycles. The van der Waals surface area contributed by atoms with E-state index in [0.29, 0.717) is 22.8 Å². The van der Waals surface area contributed by atoms with Gasteiger partial charge in [0.1, 0.15) is 5.82 Å². The Morgan fingerprint density at radius 3 is 2.78 bits per heavy atom. The summed E-state index contributed by atoms with van der Waals surface area (Å²) >= 11 is 5.16. The molecule has 0 spiro atoms. The highest BCUT2D eigenvalue weighted by atomic mass is 32.1. The maximum absolute atomic E-state index is 13.1. The predicted octanol–water partition coefficient (Wildman–Crippen LogP) is 3.14. The standard InChI is InChI=1S/C12H11F2N3S/c13-9-4-1-7(5-10(9)14)6-11-15-16-12(18)17(11)8-2-3-8/h1,4-5,8H,2-3,6H2,(H,16,18). The van der Waals surface area contributed by atoms with Crippen LogP contribution in [0.1, 0.15) is 30.3 Å². The van der Waals surface area contributed by atoms with E-state index in [0.717, 1.165) is 24.7 Å². The van der Waals surface area contributed by atoms with E-state index in [1.165, 1.54) is 6.07 Å². The van der Waals surface area contributed by atoms with Gasteiger partial charge < -0.3 is 4.57 Å². The molecule has 3 nitrogen and oxygen atoms in total. The second kappa shape index (κ2) is 4.28. The average Bonchev–Trinajstić information content (AvgIpc) is 3.10. The van der Waals surface area contributed by atoms with E-state index in [-0.39, 0.29) is 0 Å². The minimum atomic E-state index is -0.834. The maximum Gasteiger partial charge on any atom is 0.195 e. The lowest BCUT2D eigenvalue weighted by Crippen LogP contribution is -2.03. The third-order valence-corrected chi connectivity index (χ3v) is 3.32. The van der Waals surface area contributed by atoms with Gasteiger partial charge in [-0.3, -0.25) is 5.10 Å². The molecule has 1 heterocycles. The Balaban J connectivity index is 1.92. The van der Waals surface area contributed by atoms with Crippen LogP contribution in [0.25, 0.3) is 0 Å². The first-order chi connectivity index (χ1) is 8.65. The van der Waals surface area contributed by atoms with Crippen molar-refractivity contribution in [2.75, 3.05) is 0 Å². The first-order valence-electron chi connectivity index (χ1n) is 5.75. The normalized spacial score (nSPS) is 15.0. The summed E-state index contributed by atoms with van der Waals surface area (Å²) in [6.07, 6.45) is 2.64. The fourth-order valence-corrected chi connectivity index (χ4v) is 2.30. The fourth-order valence-electron chi connectivity index (χ4n) is 2.00. The Morgan fingerprint density at radius 1 is 1.33 bits per heavy atom. The second-order valence-corrected chi connectivity index (χ2v) is 4.86. The molecule has 6 heteroatoms. The highest BCUT2D eigenvalue weighted by molar-refractivity contribution is 7.71. The van der Waals surface area contributed by atoms with Gasteiger partial charge in [0.15, 0.2) is 16.4 Å². The van der Waals surface area contributed by atoms with Crippen molar-refractivity contribution in [3.8, 4) is 0 Å². The van der Waals surface area contributed by atoms with Crippen LogP contribution in [-0.4, -0.2) is 14.8 Å². The van der Waals surface area contributed by atoms with Gasteiger partial charge in [0.05, 0.1) is 0 Å². The van der Waals surface area contributed by atoms with E-state index in [2.05, 4.69) is 10.2 Å². The second-order valence-electron chi connectivity index (χ2n) is 4.47. The first-order valence-corrected chi connectivity index (χ1v) is 6.15. The number of halogens is 2. The van der Waals surface area contributed by atoms with Crippen molar-refractivity contribution in [3.63, 3.8) is 0 Å². The van der Waals surface area contributed by atoms with Crippen molar-refractivity contribution in [1.29, 1.82) is 0 Å².